The number of thioether (sulfide) groups is 1. The highest BCUT2D eigenvalue weighted by atomic mass is 32.2. The summed E-state index contributed by atoms with van der Waals surface area (Å²) < 4.78 is 6.00. The summed E-state index contributed by atoms with van der Waals surface area (Å²) in [5, 5.41) is 0. The third-order valence-electron chi connectivity index (χ3n) is 2.24. The first-order chi connectivity index (χ1) is 8.01. The minimum absolute atomic E-state index is 0.314. The number of hydrogen-bond acceptors (Lipinski definition) is 3. The maximum atomic E-state index is 5.68. The van der Waals surface area contributed by atoms with Gasteiger partial charge in [0.2, 0.25) is 0 Å². The van der Waals surface area contributed by atoms with E-state index in [1.807, 2.05) is 23.9 Å². The number of hydrogen-bond donors (Lipinski definition) is 1. The fourth-order valence-corrected chi connectivity index (χ4v) is 2.21. The van der Waals surface area contributed by atoms with Gasteiger partial charge in [0.15, 0.2) is 0 Å². The highest BCUT2D eigenvalue weighted by Gasteiger charge is 2.09. The molecule has 0 heterocycles. The van der Waals surface area contributed by atoms with E-state index in [9.17, 15) is 0 Å². The van der Waals surface area contributed by atoms with Crippen LogP contribution in [0.4, 0.5) is 0 Å². The van der Waals surface area contributed by atoms with Crippen molar-refractivity contribution in [3.63, 3.8) is 0 Å². The van der Waals surface area contributed by atoms with E-state index >= 15 is 0 Å². The Balaban J connectivity index is 2.27. The van der Waals surface area contributed by atoms with Gasteiger partial charge in [-0.3, -0.25) is 0 Å². The highest BCUT2D eigenvalue weighted by molar-refractivity contribution is 8.00. The second-order valence-electron chi connectivity index (χ2n) is 4.99. The zero-order valence-electron chi connectivity index (χ0n) is 11.0. The second-order valence-corrected chi connectivity index (χ2v) is 6.91. The van der Waals surface area contributed by atoms with Crippen molar-refractivity contribution in [2.24, 2.45) is 5.73 Å². The summed E-state index contributed by atoms with van der Waals surface area (Å²) in [6, 6.07) is 8.21. The topological polar surface area (TPSA) is 35.2 Å². The lowest BCUT2D eigenvalue weighted by Gasteiger charge is -2.17. The lowest BCUT2D eigenvalue weighted by atomic mass is 10.1. The van der Waals surface area contributed by atoms with E-state index in [2.05, 4.69) is 32.9 Å². The Bertz CT molecular complexity index is 316. The Hall–Kier alpha value is -0.670. The maximum Gasteiger partial charge on any atom is 0.119 e. The lowest BCUT2D eigenvalue weighted by molar-refractivity contribution is 0.343. The largest absolute Gasteiger partial charge is 0.493 e. The van der Waals surface area contributed by atoms with Crippen LogP contribution in [0, 0.1) is 0 Å². The zero-order valence-corrected chi connectivity index (χ0v) is 11.8. The van der Waals surface area contributed by atoms with Crippen molar-refractivity contribution < 1.29 is 4.74 Å². The summed E-state index contributed by atoms with van der Waals surface area (Å²) in [7, 11) is 0. The van der Waals surface area contributed by atoms with E-state index in [0.29, 0.717) is 11.3 Å². The number of rotatable bonds is 6. The molecule has 0 bridgehead atoms. The first kappa shape index (κ1) is 14.4. The number of ether oxygens (including phenoxy) is 1. The van der Waals surface area contributed by atoms with Crippen LogP contribution in [-0.2, 0) is 6.42 Å². The van der Waals surface area contributed by atoms with Crippen molar-refractivity contribution >= 4 is 11.8 Å². The SMILES string of the molecule is CC(C)(C)SCCOc1ccc(CCN)cc1. The molecule has 0 saturated heterocycles. The number of nitrogens with two attached hydrogens (primary N) is 1. The van der Waals surface area contributed by atoms with Crippen molar-refractivity contribution in [3.8, 4) is 5.75 Å². The Labute approximate surface area is 109 Å². The van der Waals surface area contributed by atoms with Gasteiger partial charge in [-0.1, -0.05) is 32.9 Å². The van der Waals surface area contributed by atoms with Crippen molar-refractivity contribution in [1.82, 2.24) is 0 Å². The summed E-state index contributed by atoms with van der Waals surface area (Å²) in [4.78, 5) is 0. The van der Waals surface area contributed by atoms with Crippen LogP contribution in [0.1, 0.15) is 26.3 Å². The molecule has 0 unspecified atom stereocenters. The van der Waals surface area contributed by atoms with Crippen LogP contribution >= 0.6 is 11.8 Å². The van der Waals surface area contributed by atoms with Gasteiger partial charge < -0.3 is 10.5 Å². The first-order valence-corrected chi connectivity index (χ1v) is 7.05. The van der Waals surface area contributed by atoms with Gasteiger partial charge in [-0.25, -0.2) is 0 Å². The van der Waals surface area contributed by atoms with Gasteiger partial charge in [-0.2, -0.15) is 11.8 Å². The fraction of sp³-hybridized carbons (Fsp3) is 0.571. The van der Waals surface area contributed by atoms with E-state index < -0.39 is 0 Å². The normalized spacial score (nSPS) is 11.5. The molecule has 1 rings (SSSR count). The van der Waals surface area contributed by atoms with Crippen molar-refractivity contribution in [2.75, 3.05) is 18.9 Å². The van der Waals surface area contributed by atoms with Gasteiger partial charge >= 0.3 is 0 Å². The average Bonchev–Trinajstić information content (AvgIpc) is 2.26. The lowest BCUT2D eigenvalue weighted by Crippen LogP contribution is -2.11. The Morgan fingerprint density at radius 1 is 1.18 bits per heavy atom. The Morgan fingerprint density at radius 2 is 1.82 bits per heavy atom. The summed E-state index contributed by atoms with van der Waals surface area (Å²) in [5.41, 5.74) is 6.77. The van der Waals surface area contributed by atoms with Crippen LogP contribution in [0.25, 0.3) is 0 Å². The molecule has 0 spiro atoms. The molecular weight excluding hydrogens is 230 g/mol. The van der Waals surface area contributed by atoms with Crippen LogP contribution in [0.3, 0.4) is 0 Å². The van der Waals surface area contributed by atoms with Crippen LogP contribution in [0.5, 0.6) is 5.75 Å². The van der Waals surface area contributed by atoms with Crippen LogP contribution in [-0.4, -0.2) is 23.7 Å². The molecule has 0 aromatic heterocycles. The van der Waals surface area contributed by atoms with Crippen LogP contribution in [0.2, 0.25) is 0 Å². The van der Waals surface area contributed by atoms with Gasteiger partial charge in [0, 0.05) is 10.5 Å². The molecule has 2 nitrogen and oxygen atoms in total. The smallest absolute Gasteiger partial charge is 0.119 e. The minimum atomic E-state index is 0.314. The molecular formula is C14H23NOS. The predicted molar refractivity (Wildman–Crippen MR) is 76.9 cm³/mol. The van der Waals surface area contributed by atoms with E-state index in [1.165, 1.54) is 5.56 Å². The predicted octanol–water partition coefficient (Wildman–Crippen LogP) is 3.10. The minimum Gasteiger partial charge on any atom is -0.493 e. The zero-order chi connectivity index (χ0) is 12.7. The molecule has 0 aliphatic rings. The summed E-state index contributed by atoms with van der Waals surface area (Å²) in [6.45, 7) is 8.12. The van der Waals surface area contributed by atoms with Gasteiger partial charge in [-0.15, -0.1) is 0 Å². The molecule has 0 fully saturated rings. The average molecular weight is 253 g/mol. The van der Waals surface area contributed by atoms with Crippen molar-refractivity contribution in [2.45, 2.75) is 31.9 Å². The van der Waals surface area contributed by atoms with E-state index in [-0.39, 0.29) is 0 Å². The summed E-state index contributed by atoms with van der Waals surface area (Å²) in [5.74, 6) is 1.97. The summed E-state index contributed by atoms with van der Waals surface area (Å²) in [6.07, 6.45) is 0.931. The molecule has 0 radical (unpaired) electrons. The highest BCUT2D eigenvalue weighted by Crippen LogP contribution is 2.23. The standard InChI is InChI=1S/C14H23NOS/c1-14(2,3)17-11-10-16-13-6-4-12(5-7-13)8-9-15/h4-7H,8-11,15H2,1-3H3. The molecule has 17 heavy (non-hydrogen) atoms. The molecule has 96 valence electrons. The molecule has 0 atom stereocenters. The van der Waals surface area contributed by atoms with E-state index in [4.69, 9.17) is 10.5 Å². The third-order valence-corrected chi connectivity index (χ3v) is 3.48. The van der Waals surface area contributed by atoms with Crippen LogP contribution < -0.4 is 10.5 Å². The van der Waals surface area contributed by atoms with Gasteiger partial charge in [0.05, 0.1) is 6.61 Å². The van der Waals surface area contributed by atoms with E-state index in [1.54, 1.807) is 0 Å². The van der Waals surface area contributed by atoms with Gasteiger partial charge in [-0.05, 0) is 30.7 Å². The summed E-state index contributed by atoms with van der Waals surface area (Å²) >= 11 is 1.92. The van der Waals surface area contributed by atoms with Crippen molar-refractivity contribution in [3.05, 3.63) is 29.8 Å². The van der Waals surface area contributed by atoms with E-state index in [0.717, 1.165) is 24.5 Å². The monoisotopic (exact) mass is 253 g/mol. The molecule has 0 aliphatic heterocycles. The van der Waals surface area contributed by atoms with Crippen molar-refractivity contribution in [1.29, 1.82) is 0 Å². The molecule has 0 saturated carbocycles. The number of benzene rings is 1. The fourth-order valence-electron chi connectivity index (χ4n) is 1.43. The molecule has 3 heteroatoms. The second kappa shape index (κ2) is 6.92. The Kier molecular flexibility index (Phi) is 5.86. The third kappa shape index (κ3) is 6.59. The molecule has 0 amide bonds. The molecule has 1 aromatic rings. The maximum absolute atomic E-state index is 5.68. The van der Waals surface area contributed by atoms with Gasteiger partial charge in [0.1, 0.15) is 5.75 Å². The molecule has 0 aliphatic carbocycles. The van der Waals surface area contributed by atoms with Crippen LogP contribution in [0.15, 0.2) is 24.3 Å². The molecule has 2 N–H and O–H groups in total. The quantitative estimate of drug-likeness (QED) is 0.791. The first-order valence-electron chi connectivity index (χ1n) is 6.07. The molecule has 1 aromatic carbocycles. The van der Waals surface area contributed by atoms with Gasteiger partial charge in [0.25, 0.3) is 0 Å². The Morgan fingerprint density at radius 3 is 2.35 bits per heavy atom.